The Kier molecular flexibility index (Phi) is 45.2. The van der Waals surface area contributed by atoms with E-state index in [2.05, 4.69) is 58.9 Å². The number of hydrogen-bond acceptors (Lipinski definition) is 5. The summed E-state index contributed by atoms with van der Waals surface area (Å²) in [5.41, 5.74) is 0. The summed E-state index contributed by atoms with van der Waals surface area (Å²) in [5, 5.41) is 0. The maximum Gasteiger partial charge on any atom is 0.118 e. The van der Waals surface area contributed by atoms with Crippen molar-refractivity contribution in [1.29, 1.82) is 0 Å². The number of nitrogens with zero attached hydrogens (tertiary/aromatic N) is 5. The van der Waals surface area contributed by atoms with Gasteiger partial charge in [-0.15, -0.1) is 0 Å². The molecule has 5 nitrogen and oxygen atoms in total. The maximum absolute atomic E-state index is 9.93. The topological polar surface area (TPSA) is 16.2 Å². The molecule has 0 N–H and O–H groups in total. The fraction of sp³-hybridized carbons (Fsp3) is 0. The highest BCUT2D eigenvalue weighted by Crippen LogP contribution is 1.90. The predicted octanol–water partition coefficient (Wildman–Crippen LogP) is 6.06. The van der Waals surface area contributed by atoms with E-state index in [0.29, 0.717) is 0 Å². The zero-order valence-electron chi connectivity index (χ0n) is 7.91. The van der Waals surface area contributed by atoms with E-state index < -0.39 is 24.3 Å². The molecule has 0 aromatic rings. The number of halogens is 15. The van der Waals surface area contributed by atoms with Crippen LogP contribution in [0, 0.1) is 0 Å². The van der Waals surface area contributed by atoms with Gasteiger partial charge >= 0.3 is 0 Å². The molecule has 0 radical (unpaired) electrons. The quantitative estimate of drug-likeness (QED) is 0.338. The lowest BCUT2D eigenvalue weighted by Gasteiger charge is -1.69. The van der Waals surface area contributed by atoms with Crippen LogP contribution in [0.25, 0.3) is 0 Å². The fourth-order valence-corrected chi connectivity index (χ4v) is 0. The monoisotopic (exact) mass is 435 g/mol. The lowest BCUT2D eigenvalue weighted by Crippen LogP contribution is -1.69. The Morgan fingerprint density at radius 2 is 0.300 bits per heavy atom. The smallest absolute Gasteiger partial charge is 0.0833 e. The molecule has 0 atom stereocenters. The second-order valence-corrected chi connectivity index (χ2v) is 2.24. The van der Waals surface area contributed by atoms with Gasteiger partial charge in [-0.1, -0.05) is 44.8 Å². The molecule has 0 amide bonds. The van der Waals surface area contributed by atoms with Crippen LogP contribution in [0.3, 0.4) is 0 Å². The van der Waals surface area contributed by atoms with E-state index in [1.54, 1.807) is 0 Å². The van der Waals surface area contributed by atoms with Gasteiger partial charge in [0.2, 0.25) is 0 Å². The van der Waals surface area contributed by atoms with Crippen LogP contribution in [0.15, 0.2) is 0 Å². The Labute approximate surface area is 128 Å². The van der Waals surface area contributed by atoms with Crippen LogP contribution in [0.5, 0.6) is 0 Å². The van der Waals surface area contributed by atoms with Crippen molar-refractivity contribution in [2.24, 2.45) is 0 Å². The van der Waals surface area contributed by atoms with Crippen LogP contribution in [-0.4, -0.2) is 24.3 Å². The lowest BCUT2D eigenvalue weighted by atomic mass is 13.6. The van der Waals surface area contributed by atoms with Gasteiger partial charge in [-0.2, -0.15) is 0 Å². The highest BCUT2D eigenvalue weighted by atomic mass is 35.5. The maximum atomic E-state index is 9.93. The van der Waals surface area contributed by atoms with Crippen LogP contribution >= 0.6 is 58.9 Å². The molecule has 0 aliphatic carbocycles. The minimum absolute atomic E-state index is 1.53. The molecule has 0 unspecified atom stereocenters. The Bertz CT molecular complexity index is 88.6. The average Bonchev–Trinajstić information content (AvgIpc) is 1.94. The molecule has 0 spiro atoms. The van der Waals surface area contributed by atoms with Crippen LogP contribution < -0.4 is 0 Å². The van der Waals surface area contributed by atoms with Crippen LogP contribution in [-0.2, 0) is 0 Å². The normalized spacial score (nSPS) is 9.00. The fourth-order valence-electron chi connectivity index (χ4n) is 0. The first kappa shape index (κ1) is 32.5. The zero-order valence-corrected chi connectivity index (χ0v) is 11.7. The van der Waals surface area contributed by atoms with Crippen LogP contribution in [0.2, 0.25) is 0 Å². The van der Waals surface area contributed by atoms with Gasteiger partial charge in [-0.25, -0.2) is 0 Å². The van der Waals surface area contributed by atoms with E-state index in [0.717, 1.165) is 0 Å². The highest BCUT2D eigenvalue weighted by Gasteiger charge is 1.79. The Morgan fingerprint density at radius 3 is 0.300 bits per heavy atom. The molecular formula is Cl5F10N5. The van der Waals surface area contributed by atoms with Crippen LogP contribution in [0.4, 0.5) is 44.8 Å². The van der Waals surface area contributed by atoms with Crippen molar-refractivity contribution < 1.29 is 44.8 Å². The number of hydrogen-bond donors (Lipinski definition) is 0. The van der Waals surface area contributed by atoms with Crippen LogP contribution in [0.1, 0.15) is 0 Å². The Hall–Kier alpha value is 0.550. The standard InChI is InChI=1S/5ClF2N/c5*1-4(2)3. The zero-order chi connectivity index (χ0) is 17.9. The second-order valence-electron chi connectivity index (χ2n) is 0.958. The second kappa shape index (κ2) is 27.8. The van der Waals surface area contributed by atoms with Gasteiger partial charge in [0.1, 0.15) is 24.3 Å². The summed E-state index contributed by atoms with van der Waals surface area (Å²) in [6, 6.07) is 0. The number of rotatable bonds is 0. The predicted molar refractivity (Wildman–Crippen MR) is 49.5 cm³/mol. The van der Waals surface area contributed by atoms with Gasteiger partial charge in [-0.05, 0) is 0 Å². The van der Waals surface area contributed by atoms with Crippen molar-refractivity contribution in [3.8, 4) is 0 Å². The van der Waals surface area contributed by atoms with Crippen molar-refractivity contribution in [2.75, 3.05) is 0 Å². The SMILES string of the molecule is FN(F)Cl.FN(F)Cl.FN(F)Cl.FN(F)Cl.FN(F)Cl. The Balaban J connectivity index is -0.0000000469. The van der Waals surface area contributed by atoms with E-state index in [4.69, 9.17) is 0 Å². The minimum atomic E-state index is -1.53. The third-order valence-corrected chi connectivity index (χ3v) is 0. The van der Waals surface area contributed by atoms with Crippen molar-refractivity contribution in [2.45, 2.75) is 0 Å². The van der Waals surface area contributed by atoms with Crippen molar-refractivity contribution in [1.82, 2.24) is 24.3 Å². The van der Waals surface area contributed by atoms with Gasteiger partial charge < -0.3 is 0 Å². The third-order valence-electron chi connectivity index (χ3n) is 0. The lowest BCUT2D eigenvalue weighted by molar-refractivity contribution is -0.0525. The van der Waals surface area contributed by atoms with Crippen molar-refractivity contribution >= 4 is 58.9 Å². The van der Waals surface area contributed by atoms with E-state index in [9.17, 15) is 44.8 Å². The highest BCUT2D eigenvalue weighted by molar-refractivity contribution is 6.12. The summed E-state index contributed by atoms with van der Waals surface area (Å²) in [5.74, 6) is 0. The first-order chi connectivity index (χ1) is 8.66. The average molecular weight is 437 g/mol. The molecule has 20 heteroatoms. The van der Waals surface area contributed by atoms with E-state index in [-0.39, 0.29) is 0 Å². The summed E-state index contributed by atoms with van der Waals surface area (Å²) in [6.45, 7) is 0. The molecule has 0 rings (SSSR count). The van der Waals surface area contributed by atoms with Gasteiger partial charge in [0.05, 0.1) is 0 Å². The Morgan fingerprint density at radius 1 is 0.300 bits per heavy atom. The molecule has 20 heavy (non-hydrogen) atoms. The van der Waals surface area contributed by atoms with Gasteiger partial charge in [0.25, 0.3) is 0 Å². The molecule has 0 aliphatic heterocycles. The molecule has 0 aromatic heterocycles. The summed E-state index contributed by atoms with van der Waals surface area (Å²) >= 11 is 18.9. The summed E-state index contributed by atoms with van der Waals surface area (Å²) in [7, 11) is 0. The van der Waals surface area contributed by atoms with E-state index in [1.165, 1.54) is 0 Å². The molecule has 0 bridgehead atoms. The first-order valence-electron chi connectivity index (χ1n) is 2.54. The molecule has 130 valence electrons. The third kappa shape index (κ3) is 18900. The van der Waals surface area contributed by atoms with Crippen molar-refractivity contribution in [3.63, 3.8) is 0 Å². The largest absolute Gasteiger partial charge is 0.118 e. The van der Waals surface area contributed by atoms with Gasteiger partial charge in [-0.3, -0.25) is 0 Å². The van der Waals surface area contributed by atoms with Gasteiger partial charge in [0.15, 0.2) is 0 Å². The first-order valence-corrected chi connectivity index (χ1v) is 4.23. The van der Waals surface area contributed by atoms with Gasteiger partial charge in [0, 0.05) is 58.9 Å². The summed E-state index contributed by atoms with van der Waals surface area (Å²) in [4.78, 5) is -7.64. The molecule has 0 heterocycles. The summed E-state index contributed by atoms with van der Waals surface area (Å²) in [6.07, 6.45) is 0. The van der Waals surface area contributed by atoms with E-state index >= 15 is 0 Å². The summed E-state index contributed by atoms with van der Waals surface area (Å²) < 4.78 is 99.3. The van der Waals surface area contributed by atoms with Crippen molar-refractivity contribution in [3.05, 3.63) is 0 Å². The molecule has 0 saturated heterocycles. The molecule has 0 aromatic carbocycles. The minimum Gasteiger partial charge on any atom is -0.0833 e. The molecule has 0 saturated carbocycles. The molecule has 0 fully saturated rings. The molecule has 0 aliphatic rings. The molecular weight excluding hydrogens is 437 g/mol. The van der Waals surface area contributed by atoms with E-state index in [1.807, 2.05) is 0 Å².